The van der Waals surface area contributed by atoms with Crippen molar-refractivity contribution in [2.45, 2.75) is 6.61 Å². The molecule has 2 rings (SSSR count). The molecule has 0 unspecified atom stereocenters. The Labute approximate surface area is 135 Å². The summed E-state index contributed by atoms with van der Waals surface area (Å²) < 4.78 is 5.63. The topological polar surface area (TPSA) is 55.6 Å². The van der Waals surface area contributed by atoms with Gasteiger partial charge < -0.3 is 4.74 Å². The molecule has 5 nitrogen and oxygen atoms in total. The summed E-state index contributed by atoms with van der Waals surface area (Å²) in [5.41, 5.74) is 1.59. The Morgan fingerprint density at radius 1 is 1.17 bits per heavy atom. The van der Waals surface area contributed by atoms with Gasteiger partial charge in [-0.25, -0.2) is 0 Å². The first-order valence-corrected chi connectivity index (χ1v) is 7.15. The van der Waals surface area contributed by atoms with E-state index in [2.05, 4.69) is 11.8 Å². The lowest BCUT2D eigenvalue weighted by molar-refractivity contribution is -0.385. The number of nitro benzene ring substituents is 1. The molecule has 0 N–H and O–H groups in total. The van der Waals surface area contributed by atoms with Gasteiger partial charge in [0.1, 0.15) is 6.61 Å². The summed E-state index contributed by atoms with van der Waals surface area (Å²) >= 11 is 0. The Morgan fingerprint density at radius 2 is 1.91 bits per heavy atom. The van der Waals surface area contributed by atoms with Gasteiger partial charge in [-0.05, 0) is 25.7 Å². The van der Waals surface area contributed by atoms with Gasteiger partial charge in [0.2, 0.25) is 0 Å². The molecule has 0 fully saturated rings. The number of benzene rings is 2. The van der Waals surface area contributed by atoms with Crippen LogP contribution in [-0.4, -0.2) is 30.5 Å². The zero-order chi connectivity index (χ0) is 16.7. The molecule has 2 aromatic carbocycles. The summed E-state index contributed by atoms with van der Waals surface area (Å²) in [5.74, 6) is 6.22. The maximum absolute atomic E-state index is 11.1. The number of nitrogens with zero attached hydrogens (tertiary/aromatic N) is 2. The first-order valence-electron chi connectivity index (χ1n) is 7.15. The summed E-state index contributed by atoms with van der Waals surface area (Å²) in [7, 11) is 3.86. The van der Waals surface area contributed by atoms with E-state index in [0.29, 0.717) is 12.1 Å². The molecule has 0 spiro atoms. The third-order valence-electron chi connectivity index (χ3n) is 3.02. The van der Waals surface area contributed by atoms with Gasteiger partial charge in [-0.15, -0.1) is 0 Å². The Balaban J connectivity index is 2.19. The van der Waals surface area contributed by atoms with Crippen LogP contribution < -0.4 is 4.74 Å². The lowest BCUT2D eigenvalue weighted by Crippen LogP contribution is -2.10. The van der Waals surface area contributed by atoms with Crippen LogP contribution in [0.5, 0.6) is 5.75 Å². The van der Waals surface area contributed by atoms with Crippen LogP contribution in [0.15, 0.2) is 48.5 Å². The quantitative estimate of drug-likeness (QED) is 0.484. The number of rotatable bonds is 5. The van der Waals surface area contributed by atoms with E-state index in [9.17, 15) is 10.1 Å². The largest absolute Gasteiger partial charge is 0.482 e. The first kappa shape index (κ1) is 16.5. The molecule has 0 aromatic heterocycles. The Hall–Kier alpha value is -2.84. The minimum absolute atomic E-state index is 0.0564. The monoisotopic (exact) mass is 310 g/mol. The fraction of sp³-hybridized carbons (Fsp3) is 0.222. The Bertz CT molecular complexity index is 731. The average Bonchev–Trinajstić information content (AvgIpc) is 2.53. The van der Waals surface area contributed by atoms with E-state index in [0.717, 1.165) is 5.56 Å². The molecule has 0 heterocycles. The molecule has 0 aliphatic rings. The normalized spacial score (nSPS) is 10.0. The molecule has 118 valence electrons. The predicted molar refractivity (Wildman–Crippen MR) is 89.3 cm³/mol. The molecule has 0 saturated carbocycles. The van der Waals surface area contributed by atoms with Crippen molar-refractivity contribution in [2.24, 2.45) is 0 Å². The number of nitro groups is 1. The maximum Gasteiger partial charge on any atom is 0.311 e. The maximum atomic E-state index is 11.1. The van der Waals surface area contributed by atoms with E-state index >= 15 is 0 Å². The smallest absolute Gasteiger partial charge is 0.311 e. The fourth-order valence-electron chi connectivity index (χ4n) is 1.89. The van der Waals surface area contributed by atoms with Gasteiger partial charge in [-0.1, -0.05) is 42.2 Å². The lowest BCUT2D eigenvalue weighted by Gasteiger charge is -2.07. The second-order valence-corrected chi connectivity index (χ2v) is 5.25. The minimum Gasteiger partial charge on any atom is -0.482 e. The molecule has 0 saturated heterocycles. The van der Waals surface area contributed by atoms with Crippen LogP contribution in [0.4, 0.5) is 5.69 Å². The zero-order valence-electron chi connectivity index (χ0n) is 13.2. The highest BCUT2D eigenvalue weighted by Crippen LogP contribution is 2.28. The Morgan fingerprint density at radius 3 is 2.57 bits per heavy atom. The number of ether oxygens (including phenoxy) is 1. The van der Waals surface area contributed by atoms with Gasteiger partial charge in [0, 0.05) is 17.7 Å². The van der Waals surface area contributed by atoms with Crippen LogP contribution in [0, 0.1) is 22.0 Å². The van der Waals surface area contributed by atoms with E-state index in [-0.39, 0.29) is 18.0 Å². The number of hydrogen-bond donors (Lipinski definition) is 0. The van der Waals surface area contributed by atoms with Crippen LogP contribution in [-0.2, 0) is 6.61 Å². The van der Waals surface area contributed by atoms with Crippen LogP contribution in [0.25, 0.3) is 0 Å². The lowest BCUT2D eigenvalue weighted by atomic mass is 10.2. The molecule has 0 atom stereocenters. The Kier molecular flexibility index (Phi) is 5.73. The molecule has 0 radical (unpaired) electrons. The summed E-state index contributed by atoms with van der Waals surface area (Å²) in [6, 6.07) is 14.2. The second kappa shape index (κ2) is 7.97. The fourth-order valence-corrected chi connectivity index (χ4v) is 1.89. The third-order valence-corrected chi connectivity index (χ3v) is 3.02. The molecule has 2 aromatic rings. The third kappa shape index (κ3) is 5.13. The van der Waals surface area contributed by atoms with Gasteiger partial charge in [0.25, 0.3) is 0 Å². The van der Waals surface area contributed by atoms with E-state index in [4.69, 9.17) is 4.74 Å². The highest BCUT2D eigenvalue weighted by atomic mass is 16.6. The first-order chi connectivity index (χ1) is 11.1. The van der Waals surface area contributed by atoms with Crippen molar-refractivity contribution in [2.75, 3.05) is 20.6 Å². The highest BCUT2D eigenvalue weighted by molar-refractivity contribution is 5.52. The standard InChI is InChI=1S/C18H18N2O3/c1-19(2)12-6-9-15-10-11-17(20(21)22)18(13-15)23-14-16-7-4-3-5-8-16/h3-5,7-8,10-11,13H,12,14H2,1-2H3. The molecule has 23 heavy (non-hydrogen) atoms. The van der Waals surface area contributed by atoms with Gasteiger partial charge in [0.05, 0.1) is 11.5 Å². The average molecular weight is 310 g/mol. The summed E-state index contributed by atoms with van der Waals surface area (Å²) in [6.45, 7) is 0.896. The predicted octanol–water partition coefficient (Wildman–Crippen LogP) is 3.09. The SMILES string of the molecule is CN(C)CC#Cc1ccc([N+](=O)[O-])c(OCc2ccccc2)c1. The summed E-state index contributed by atoms with van der Waals surface area (Å²) in [5, 5.41) is 11.1. The molecule has 0 bridgehead atoms. The van der Waals surface area contributed by atoms with Crippen LogP contribution in [0.1, 0.15) is 11.1 Å². The molecular weight excluding hydrogens is 292 g/mol. The summed E-state index contributed by atoms with van der Waals surface area (Å²) in [6.07, 6.45) is 0. The van der Waals surface area contributed by atoms with Crippen molar-refractivity contribution in [3.05, 3.63) is 69.8 Å². The molecule has 0 aliphatic heterocycles. The van der Waals surface area contributed by atoms with Crippen LogP contribution in [0.2, 0.25) is 0 Å². The highest BCUT2D eigenvalue weighted by Gasteiger charge is 2.15. The van der Waals surface area contributed by atoms with Gasteiger partial charge in [0.15, 0.2) is 5.75 Å². The van der Waals surface area contributed by atoms with E-state index in [1.807, 2.05) is 49.3 Å². The van der Waals surface area contributed by atoms with Crippen LogP contribution >= 0.6 is 0 Å². The van der Waals surface area contributed by atoms with Gasteiger partial charge in [-0.2, -0.15) is 0 Å². The molecule has 0 aliphatic carbocycles. The van der Waals surface area contributed by atoms with Crippen molar-refractivity contribution in [1.29, 1.82) is 0 Å². The van der Waals surface area contributed by atoms with E-state index < -0.39 is 4.92 Å². The zero-order valence-corrected chi connectivity index (χ0v) is 13.2. The van der Waals surface area contributed by atoms with Crippen LogP contribution in [0.3, 0.4) is 0 Å². The molecular formula is C18H18N2O3. The van der Waals surface area contributed by atoms with Gasteiger partial charge in [-0.3, -0.25) is 15.0 Å². The van der Waals surface area contributed by atoms with Crippen molar-refractivity contribution < 1.29 is 9.66 Å². The van der Waals surface area contributed by atoms with Crippen molar-refractivity contribution >= 4 is 5.69 Å². The second-order valence-electron chi connectivity index (χ2n) is 5.25. The minimum atomic E-state index is -0.447. The number of hydrogen-bond acceptors (Lipinski definition) is 4. The summed E-state index contributed by atoms with van der Waals surface area (Å²) in [4.78, 5) is 12.6. The molecule has 0 amide bonds. The van der Waals surface area contributed by atoms with Crippen molar-refractivity contribution in [3.63, 3.8) is 0 Å². The van der Waals surface area contributed by atoms with Gasteiger partial charge >= 0.3 is 5.69 Å². The molecule has 5 heteroatoms. The van der Waals surface area contributed by atoms with Crippen molar-refractivity contribution in [1.82, 2.24) is 4.90 Å². The van der Waals surface area contributed by atoms with E-state index in [1.54, 1.807) is 12.1 Å². The van der Waals surface area contributed by atoms with Crippen molar-refractivity contribution in [3.8, 4) is 17.6 Å². The van der Waals surface area contributed by atoms with E-state index in [1.165, 1.54) is 6.07 Å².